The fraction of sp³-hybridized carbons (Fsp3) is 0.133. The molecule has 0 spiro atoms. The summed E-state index contributed by atoms with van der Waals surface area (Å²) in [5.41, 5.74) is 1.17. The van der Waals surface area contributed by atoms with E-state index in [1.165, 1.54) is 42.5 Å². The van der Waals surface area contributed by atoms with Crippen LogP contribution in [-0.2, 0) is 0 Å². The molecule has 0 saturated heterocycles. The Morgan fingerprint density at radius 2 is 1.95 bits per heavy atom. The van der Waals surface area contributed by atoms with E-state index < -0.39 is 18.3 Å². The average molecular weight is 295 g/mol. The largest absolute Gasteiger partial charge is 0.435 e. The molecule has 1 N–H and O–H groups in total. The summed E-state index contributed by atoms with van der Waals surface area (Å²) in [6, 6.07) is 9.37. The van der Waals surface area contributed by atoms with E-state index in [0.29, 0.717) is 11.3 Å². The van der Waals surface area contributed by atoms with Crippen molar-refractivity contribution in [1.29, 1.82) is 0 Å². The minimum absolute atomic E-state index is 0.103. The van der Waals surface area contributed by atoms with Gasteiger partial charge >= 0.3 is 6.61 Å². The summed E-state index contributed by atoms with van der Waals surface area (Å²) in [6.07, 6.45) is 0. The van der Waals surface area contributed by atoms with Crippen molar-refractivity contribution >= 4 is 11.6 Å². The van der Waals surface area contributed by atoms with Gasteiger partial charge in [0.25, 0.3) is 5.91 Å². The highest BCUT2D eigenvalue weighted by molar-refractivity contribution is 6.04. The number of hydrogen-bond donors (Lipinski definition) is 1. The van der Waals surface area contributed by atoms with Crippen molar-refractivity contribution in [1.82, 2.24) is 0 Å². The van der Waals surface area contributed by atoms with Gasteiger partial charge in [0, 0.05) is 11.3 Å². The summed E-state index contributed by atoms with van der Waals surface area (Å²) in [5, 5.41) is 2.59. The van der Waals surface area contributed by atoms with Gasteiger partial charge in [-0.05, 0) is 48.9 Å². The monoisotopic (exact) mass is 295 g/mol. The predicted octanol–water partition coefficient (Wildman–Crippen LogP) is 3.99. The SMILES string of the molecule is Cc1cc(F)ccc1NC(=O)c1cccc(OC(F)F)c1. The third-order valence-electron chi connectivity index (χ3n) is 2.76. The van der Waals surface area contributed by atoms with Crippen LogP contribution in [0, 0.1) is 12.7 Å². The van der Waals surface area contributed by atoms with Crippen LogP contribution in [0.15, 0.2) is 42.5 Å². The number of benzene rings is 2. The number of alkyl halides is 2. The molecule has 2 aromatic rings. The Balaban J connectivity index is 2.16. The smallest absolute Gasteiger partial charge is 0.387 e. The lowest BCUT2D eigenvalue weighted by Gasteiger charge is -2.10. The van der Waals surface area contributed by atoms with Gasteiger partial charge in [0.2, 0.25) is 0 Å². The lowest BCUT2D eigenvalue weighted by atomic mass is 10.1. The third-order valence-corrected chi connectivity index (χ3v) is 2.76. The zero-order valence-corrected chi connectivity index (χ0v) is 11.1. The molecule has 0 unspecified atom stereocenters. The fourth-order valence-corrected chi connectivity index (χ4v) is 1.78. The van der Waals surface area contributed by atoms with Gasteiger partial charge in [-0.3, -0.25) is 4.79 Å². The number of nitrogens with one attached hydrogen (secondary N) is 1. The Bertz CT molecular complexity index is 659. The highest BCUT2D eigenvalue weighted by Crippen LogP contribution is 2.19. The molecule has 2 aromatic carbocycles. The summed E-state index contributed by atoms with van der Waals surface area (Å²) >= 11 is 0. The van der Waals surface area contributed by atoms with Gasteiger partial charge < -0.3 is 10.1 Å². The number of halogens is 3. The number of aryl methyl sites for hydroxylation is 1. The van der Waals surface area contributed by atoms with E-state index in [9.17, 15) is 18.0 Å². The number of rotatable bonds is 4. The maximum absolute atomic E-state index is 13.0. The molecule has 6 heteroatoms. The Labute approximate surface area is 119 Å². The van der Waals surface area contributed by atoms with Crippen molar-refractivity contribution < 1.29 is 22.7 Å². The molecule has 0 aliphatic rings. The quantitative estimate of drug-likeness (QED) is 0.926. The molecule has 0 aliphatic carbocycles. The lowest BCUT2D eigenvalue weighted by molar-refractivity contribution is -0.0498. The van der Waals surface area contributed by atoms with Gasteiger partial charge in [-0.25, -0.2) is 4.39 Å². The summed E-state index contributed by atoms with van der Waals surface area (Å²) in [6.45, 7) is -1.31. The summed E-state index contributed by atoms with van der Waals surface area (Å²) in [5.74, 6) is -1.00. The molecule has 0 aromatic heterocycles. The number of amides is 1. The van der Waals surface area contributed by atoms with Gasteiger partial charge in [0.15, 0.2) is 0 Å². The van der Waals surface area contributed by atoms with E-state index in [-0.39, 0.29) is 11.3 Å². The summed E-state index contributed by atoms with van der Waals surface area (Å²) in [7, 11) is 0. The molecule has 0 heterocycles. The number of carbonyl (C=O) groups is 1. The fourth-order valence-electron chi connectivity index (χ4n) is 1.78. The van der Waals surface area contributed by atoms with E-state index >= 15 is 0 Å². The minimum atomic E-state index is -2.96. The second-order valence-corrected chi connectivity index (χ2v) is 4.32. The maximum Gasteiger partial charge on any atom is 0.387 e. The second-order valence-electron chi connectivity index (χ2n) is 4.32. The maximum atomic E-state index is 13.0. The van der Waals surface area contributed by atoms with Crippen LogP contribution >= 0.6 is 0 Å². The first-order valence-electron chi connectivity index (χ1n) is 6.08. The standard InChI is InChI=1S/C15H12F3NO2/c1-9-7-11(16)5-6-13(9)19-14(20)10-3-2-4-12(8-10)21-15(17)18/h2-8,15H,1H3,(H,19,20). The van der Waals surface area contributed by atoms with Crippen molar-refractivity contribution in [3.05, 3.63) is 59.4 Å². The van der Waals surface area contributed by atoms with E-state index in [1.807, 2.05) is 0 Å². The summed E-state index contributed by atoms with van der Waals surface area (Å²) < 4.78 is 41.5. The van der Waals surface area contributed by atoms with Crippen molar-refractivity contribution in [3.8, 4) is 5.75 Å². The Kier molecular flexibility index (Phi) is 4.47. The van der Waals surface area contributed by atoms with Crippen LogP contribution in [0.25, 0.3) is 0 Å². The Morgan fingerprint density at radius 3 is 2.62 bits per heavy atom. The normalized spacial score (nSPS) is 10.5. The highest BCUT2D eigenvalue weighted by atomic mass is 19.3. The molecule has 0 bridgehead atoms. The molecule has 0 fully saturated rings. The van der Waals surface area contributed by atoms with Gasteiger partial charge in [0.05, 0.1) is 0 Å². The van der Waals surface area contributed by atoms with Crippen LogP contribution in [-0.4, -0.2) is 12.5 Å². The van der Waals surface area contributed by atoms with E-state index in [2.05, 4.69) is 10.1 Å². The lowest BCUT2D eigenvalue weighted by Crippen LogP contribution is -2.13. The van der Waals surface area contributed by atoms with Crippen LogP contribution in [0.1, 0.15) is 15.9 Å². The molecule has 2 rings (SSSR count). The average Bonchev–Trinajstić information content (AvgIpc) is 2.41. The Hall–Kier alpha value is -2.50. The molecule has 110 valence electrons. The first-order valence-corrected chi connectivity index (χ1v) is 6.08. The number of ether oxygens (including phenoxy) is 1. The van der Waals surface area contributed by atoms with Gasteiger partial charge in [-0.2, -0.15) is 8.78 Å². The third kappa shape index (κ3) is 3.98. The van der Waals surface area contributed by atoms with Crippen LogP contribution in [0.3, 0.4) is 0 Å². The molecule has 0 atom stereocenters. The Morgan fingerprint density at radius 1 is 1.19 bits per heavy atom. The number of hydrogen-bond acceptors (Lipinski definition) is 2. The first kappa shape index (κ1) is 14.9. The van der Waals surface area contributed by atoms with Crippen LogP contribution in [0.5, 0.6) is 5.75 Å². The van der Waals surface area contributed by atoms with Crippen molar-refractivity contribution in [2.45, 2.75) is 13.5 Å². The van der Waals surface area contributed by atoms with E-state index in [0.717, 1.165) is 0 Å². The van der Waals surface area contributed by atoms with Crippen molar-refractivity contribution in [2.24, 2.45) is 0 Å². The molecule has 0 radical (unpaired) electrons. The van der Waals surface area contributed by atoms with Gasteiger partial charge in [-0.1, -0.05) is 6.07 Å². The van der Waals surface area contributed by atoms with Crippen molar-refractivity contribution in [3.63, 3.8) is 0 Å². The summed E-state index contributed by atoms with van der Waals surface area (Å²) in [4.78, 5) is 12.0. The van der Waals surface area contributed by atoms with E-state index in [1.54, 1.807) is 6.92 Å². The van der Waals surface area contributed by atoms with E-state index in [4.69, 9.17) is 0 Å². The molecule has 21 heavy (non-hydrogen) atoms. The first-order chi connectivity index (χ1) is 9.95. The zero-order chi connectivity index (χ0) is 15.4. The van der Waals surface area contributed by atoms with Crippen LogP contribution in [0.4, 0.5) is 18.9 Å². The zero-order valence-electron chi connectivity index (χ0n) is 11.1. The minimum Gasteiger partial charge on any atom is -0.435 e. The number of carbonyl (C=O) groups excluding carboxylic acids is 1. The molecule has 0 saturated carbocycles. The molecular weight excluding hydrogens is 283 g/mol. The molecule has 0 aliphatic heterocycles. The van der Waals surface area contributed by atoms with Crippen LogP contribution < -0.4 is 10.1 Å². The van der Waals surface area contributed by atoms with Crippen LogP contribution in [0.2, 0.25) is 0 Å². The molecule has 1 amide bonds. The van der Waals surface area contributed by atoms with Gasteiger partial charge in [-0.15, -0.1) is 0 Å². The second kappa shape index (κ2) is 6.30. The molecule has 3 nitrogen and oxygen atoms in total. The molecular formula is C15H12F3NO2. The van der Waals surface area contributed by atoms with Crippen molar-refractivity contribution in [2.75, 3.05) is 5.32 Å². The van der Waals surface area contributed by atoms with Gasteiger partial charge in [0.1, 0.15) is 11.6 Å². The highest BCUT2D eigenvalue weighted by Gasteiger charge is 2.11. The predicted molar refractivity (Wildman–Crippen MR) is 72.2 cm³/mol. The topological polar surface area (TPSA) is 38.3 Å². The number of anilines is 1.